The van der Waals surface area contributed by atoms with Crippen LogP contribution in [0.25, 0.3) is 11.2 Å². The van der Waals surface area contributed by atoms with Crippen LogP contribution in [0, 0.1) is 0 Å². The lowest BCUT2D eigenvalue weighted by Gasteiger charge is -2.23. The van der Waals surface area contributed by atoms with Crippen molar-refractivity contribution in [3.05, 3.63) is 18.0 Å². The summed E-state index contributed by atoms with van der Waals surface area (Å²) in [5.74, 6) is 0.781. The third kappa shape index (κ3) is 2.14. The molecule has 0 atom stereocenters. The summed E-state index contributed by atoms with van der Waals surface area (Å²) in [5.41, 5.74) is -1.28. The highest BCUT2D eigenvalue weighted by Crippen LogP contribution is 2.56. The van der Waals surface area contributed by atoms with E-state index in [-0.39, 0.29) is 36.7 Å². The van der Waals surface area contributed by atoms with Crippen LogP contribution >= 0.6 is 11.6 Å². The van der Waals surface area contributed by atoms with Crippen LogP contribution in [0.2, 0.25) is 0 Å². The van der Waals surface area contributed by atoms with Crippen molar-refractivity contribution in [2.75, 3.05) is 13.0 Å². The van der Waals surface area contributed by atoms with Crippen molar-refractivity contribution in [2.24, 2.45) is 0 Å². The highest BCUT2D eigenvalue weighted by atomic mass is 35.5. The van der Waals surface area contributed by atoms with Gasteiger partial charge in [0.25, 0.3) is 0 Å². The number of fused-ring (bicyclic) bond motifs is 1. The first-order chi connectivity index (χ1) is 9.93. The maximum atomic E-state index is 13.4. The number of aromatic nitrogens is 3. The predicted octanol–water partition coefficient (Wildman–Crippen LogP) is 3.27. The molecular weight excluding hydrogens is 307 g/mol. The monoisotopic (exact) mass is 319 g/mol. The van der Waals surface area contributed by atoms with E-state index in [1.165, 1.54) is 11.7 Å². The lowest BCUT2D eigenvalue weighted by atomic mass is 10.2. The van der Waals surface area contributed by atoms with Crippen LogP contribution in [0.15, 0.2) is 12.1 Å². The molecule has 1 aliphatic carbocycles. The normalized spacial score (nSPS) is 17.2. The molecule has 0 saturated heterocycles. The van der Waals surface area contributed by atoms with Crippen molar-refractivity contribution in [3.63, 3.8) is 0 Å². The first kappa shape index (κ1) is 14.4. The number of nitrogens with zero attached hydrogens (tertiary/aromatic N) is 3. The van der Waals surface area contributed by atoms with Gasteiger partial charge in [-0.25, -0.2) is 4.98 Å². The molecule has 0 radical (unpaired) electrons. The van der Waals surface area contributed by atoms with Gasteiger partial charge in [0.1, 0.15) is 16.9 Å². The first-order valence-corrected chi connectivity index (χ1v) is 7.02. The van der Waals surface area contributed by atoms with Crippen molar-refractivity contribution >= 4 is 22.8 Å². The van der Waals surface area contributed by atoms with E-state index in [1.54, 1.807) is 12.1 Å². The number of alkyl halides is 4. The minimum absolute atomic E-state index is 0.0378. The molecule has 0 N–H and O–H groups in total. The zero-order valence-corrected chi connectivity index (χ0v) is 12.0. The number of methoxy groups -OCH3 is 1. The quantitative estimate of drug-likeness (QED) is 0.812. The fourth-order valence-corrected chi connectivity index (χ4v) is 2.72. The van der Waals surface area contributed by atoms with Gasteiger partial charge in [0.15, 0.2) is 5.65 Å². The summed E-state index contributed by atoms with van der Waals surface area (Å²) >= 11 is 5.70. The lowest BCUT2D eigenvalue weighted by molar-refractivity contribution is -0.179. The summed E-state index contributed by atoms with van der Waals surface area (Å²) in [7, 11) is 1.42. The Hall–Kier alpha value is -1.50. The molecule has 1 saturated carbocycles. The van der Waals surface area contributed by atoms with Gasteiger partial charge in [-0.2, -0.15) is 18.2 Å². The smallest absolute Gasteiger partial charge is 0.412 e. The standard InChI is InChI=1S/C13H13ClF3N3O/c1-21-10-3-2-8-11(19-10)20(9(18-8)4-7-14)12(5-6-12)13(15,16)17/h2-3H,4-7H2,1H3. The molecule has 0 amide bonds. The van der Waals surface area contributed by atoms with Crippen LogP contribution in [0.4, 0.5) is 13.2 Å². The Morgan fingerprint density at radius 3 is 2.57 bits per heavy atom. The minimum Gasteiger partial charge on any atom is -0.481 e. The Balaban J connectivity index is 2.25. The van der Waals surface area contributed by atoms with Crippen molar-refractivity contribution < 1.29 is 17.9 Å². The van der Waals surface area contributed by atoms with Gasteiger partial charge in [-0.05, 0) is 18.9 Å². The summed E-state index contributed by atoms with van der Waals surface area (Å²) in [5, 5.41) is 0. The van der Waals surface area contributed by atoms with E-state index in [4.69, 9.17) is 16.3 Å². The molecule has 0 aromatic carbocycles. The van der Waals surface area contributed by atoms with Crippen LogP contribution in [-0.4, -0.2) is 33.7 Å². The van der Waals surface area contributed by atoms with Gasteiger partial charge in [0.05, 0.1) is 7.11 Å². The Bertz CT molecular complexity index is 679. The number of rotatable bonds is 4. The molecule has 1 aliphatic rings. The summed E-state index contributed by atoms with van der Waals surface area (Å²) in [6, 6.07) is 3.19. The number of hydrogen-bond acceptors (Lipinski definition) is 3. The van der Waals surface area contributed by atoms with E-state index in [2.05, 4.69) is 9.97 Å². The number of hydrogen-bond donors (Lipinski definition) is 0. The molecule has 0 unspecified atom stereocenters. The zero-order valence-electron chi connectivity index (χ0n) is 11.2. The third-order valence-electron chi connectivity index (χ3n) is 3.75. The van der Waals surface area contributed by atoms with E-state index in [1.807, 2.05) is 0 Å². The fourth-order valence-electron chi connectivity index (χ4n) is 2.55. The topological polar surface area (TPSA) is 39.9 Å². The Morgan fingerprint density at radius 2 is 2.05 bits per heavy atom. The Kier molecular flexibility index (Phi) is 3.27. The van der Waals surface area contributed by atoms with Gasteiger partial charge in [-0.3, -0.25) is 4.57 Å². The molecule has 2 heterocycles. The molecule has 21 heavy (non-hydrogen) atoms. The van der Waals surface area contributed by atoms with E-state index in [0.29, 0.717) is 11.3 Å². The van der Waals surface area contributed by atoms with Gasteiger partial charge in [-0.1, -0.05) is 0 Å². The van der Waals surface area contributed by atoms with Crippen LogP contribution in [0.5, 0.6) is 5.88 Å². The SMILES string of the molecule is COc1ccc2nc(CCCl)n(C3(C(F)(F)F)CC3)c2n1. The fraction of sp³-hybridized carbons (Fsp3) is 0.538. The second kappa shape index (κ2) is 4.76. The molecular formula is C13H13ClF3N3O. The number of ether oxygens (including phenoxy) is 1. The summed E-state index contributed by atoms with van der Waals surface area (Å²) < 4.78 is 46.6. The minimum atomic E-state index is -4.34. The van der Waals surface area contributed by atoms with Gasteiger partial charge < -0.3 is 4.74 Å². The maximum absolute atomic E-state index is 13.4. The first-order valence-electron chi connectivity index (χ1n) is 6.48. The predicted molar refractivity (Wildman–Crippen MR) is 71.8 cm³/mol. The highest BCUT2D eigenvalue weighted by Gasteiger charge is 2.66. The Labute approximate surface area is 123 Å². The van der Waals surface area contributed by atoms with E-state index >= 15 is 0 Å². The van der Waals surface area contributed by atoms with E-state index < -0.39 is 11.7 Å². The molecule has 2 aromatic heterocycles. The molecule has 3 rings (SSSR count). The molecule has 2 aromatic rings. The second-order valence-corrected chi connectivity index (χ2v) is 5.41. The molecule has 8 heteroatoms. The average Bonchev–Trinajstić information content (AvgIpc) is 3.16. The van der Waals surface area contributed by atoms with Gasteiger partial charge in [0, 0.05) is 18.4 Å². The highest BCUT2D eigenvalue weighted by molar-refractivity contribution is 6.17. The molecule has 114 valence electrons. The molecule has 0 bridgehead atoms. The molecule has 0 aliphatic heterocycles. The largest absolute Gasteiger partial charge is 0.481 e. The van der Waals surface area contributed by atoms with Crippen LogP contribution < -0.4 is 4.74 Å². The van der Waals surface area contributed by atoms with Crippen LogP contribution in [0.3, 0.4) is 0 Å². The average molecular weight is 320 g/mol. The number of aryl methyl sites for hydroxylation is 1. The zero-order chi connectivity index (χ0) is 15.3. The van der Waals surface area contributed by atoms with Gasteiger partial charge in [0.2, 0.25) is 5.88 Å². The molecule has 4 nitrogen and oxygen atoms in total. The van der Waals surface area contributed by atoms with E-state index in [9.17, 15) is 13.2 Å². The number of halogens is 4. The summed E-state index contributed by atoms with van der Waals surface area (Å²) in [4.78, 5) is 8.41. The van der Waals surface area contributed by atoms with Crippen molar-refractivity contribution in [3.8, 4) is 5.88 Å². The number of imidazole rings is 1. The summed E-state index contributed by atoms with van der Waals surface area (Å²) in [6.07, 6.45) is -4.00. The third-order valence-corrected chi connectivity index (χ3v) is 3.94. The van der Waals surface area contributed by atoms with Crippen molar-refractivity contribution in [2.45, 2.75) is 31.0 Å². The van der Waals surface area contributed by atoms with E-state index in [0.717, 1.165) is 0 Å². The van der Waals surface area contributed by atoms with Crippen molar-refractivity contribution in [1.29, 1.82) is 0 Å². The summed E-state index contributed by atoms with van der Waals surface area (Å²) in [6.45, 7) is 0. The van der Waals surface area contributed by atoms with Crippen LogP contribution in [0.1, 0.15) is 18.7 Å². The van der Waals surface area contributed by atoms with Crippen molar-refractivity contribution in [1.82, 2.24) is 14.5 Å². The van der Waals surface area contributed by atoms with Gasteiger partial charge >= 0.3 is 6.18 Å². The number of pyridine rings is 1. The second-order valence-electron chi connectivity index (χ2n) is 5.03. The Morgan fingerprint density at radius 1 is 1.33 bits per heavy atom. The molecule has 1 fully saturated rings. The maximum Gasteiger partial charge on any atom is 0.412 e. The van der Waals surface area contributed by atoms with Gasteiger partial charge in [-0.15, -0.1) is 11.6 Å². The molecule has 0 spiro atoms. The van der Waals surface area contributed by atoms with Crippen LogP contribution in [-0.2, 0) is 12.0 Å². The lowest BCUT2D eigenvalue weighted by Crippen LogP contribution is -2.36.